The third-order valence-electron chi connectivity index (χ3n) is 4.39. The summed E-state index contributed by atoms with van der Waals surface area (Å²) in [7, 11) is 3.21. The van der Waals surface area contributed by atoms with E-state index in [1.807, 2.05) is 24.3 Å². The van der Waals surface area contributed by atoms with Crippen LogP contribution in [0.15, 0.2) is 30.3 Å². The van der Waals surface area contributed by atoms with Gasteiger partial charge in [0.15, 0.2) is 0 Å². The molecule has 1 radical (unpaired) electrons. The normalized spacial score (nSPS) is 12.0. The van der Waals surface area contributed by atoms with Gasteiger partial charge in [0.2, 0.25) is 5.75 Å². The SMILES string of the molecule is COc1cc(Nc2cc(C(C)(C)C)cc(C(C)(C)C)c2[O])cc(OC)c1. The van der Waals surface area contributed by atoms with Gasteiger partial charge in [-0.05, 0) is 22.5 Å². The predicted octanol–water partition coefficient (Wildman–Crippen LogP) is 6.19. The zero-order valence-corrected chi connectivity index (χ0v) is 17.1. The number of hydrogen-bond acceptors (Lipinski definition) is 3. The third-order valence-corrected chi connectivity index (χ3v) is 4.39. The summed E-state index contributed by atoms with van der Waals surface area (Å²) in [6.07, 6.45) is 0. The molecule has 0 bridgehead atoms. The first-order valence-corrected chi connectivity index (χ1v) is 8.82. The van der Waals surface area contributed by atoms with Crippen molar-refractivity contribution >= 4 is 11.4 Å². The quantitative estimate of drug-likeness (QED) is 0.711. The van der Waals surface area contributed by atoms with Crippen molar-refractivity contribution in [3.05, 3.63) is 41.5 Å². The molecule has 0 saturated carbocycles. The van der Waals surface area contributed by atoms with Gasteiger partial charge in [-0.1, -0.05) is 47.6 Å². The molecule has 141 valence electrons. The zero-order chi connectivity index (χ0) is 19.7. The molecule has 1 N–H and O–H groups in total. The number of methoxy groups -OCH3 is 2. The van der Waals surface area contributed by atoms with Crippen LogP contribution in [0.3, 0.4) is 0 Å². The summed E-state index contributed by atoms with van der Waals surface area (Å²) in [5.41, 5.74) is 2.96. The van der Waals surface area contributed by atoms with Crippen molar-refractivity contribution < 1.29 is 14.6 Å². The lowest BCUT2D eigenvalue weighted by molar-refractivity contribution is 0.342. The Morgan fingerprint density at radius 2 is 1.31 bits per heavy atom. The van der Waals surface area contributed by atoms with Gasteiger partial charge in [0, 0.05) is 29.4 Å². The van der Waals surface area contributed by atoms with Gasteiger partial charge in [0.1, 0.15) is 11.5 Å². The topological polar surface area (TPSA) is 50.4 Å². The molecule has 0 aliphatic heterocycles. The van der Waals surface area contributed by atoms with Crippen molar-refractivity contribution in [2.75, 3.05) is 19.5 Å². The lowest BCUT2D eigenvalue weighted by atomic mass is 9.79. The standard InChI is InChI=1S/C22H30NO3/c1-21(2,3)14-9-18(22(4,5)6)20(24)19(10-14)23-15-11-16(25-7)13-17(12-15)26-8/h9-13,23H,1-8H3. The molecule has 26 heavy (non-hydrogen) atoms. The van der Waals surface area contributed by atoms with E-state index in [4.69, 9.17) is 9.47 Å². The first kappa shape index (κ1) is 20.0. The van der Waals surface area contributed by atoms with E-state index in [-0.39, 0.29) is 16.6 Å². The minimum absolute atomic E-state index is 0.0206. The Bertz CT molecular complexity index is 761. The Labute approximate surface area is 157 Å². The van der Waals surface area contributed by atoms with Gasteiger partial charge in [-0.15, -0.1) is 0 Å². The highest BCUT2D eigenvalue weighted by molar-refractivity contribution is 5.71. The largest absolute Gasteiger partial charge is 0.497 e. The van der Waals surface area contributed by atoms with Gasteiger partial charge in [-0.2, -0.15) is 0 Å². The summed E-state index contributed by atoms with van der Waals surface area (Å²) >= 11 is 0. The predicted molar refractivity (Wildman–Crippen MR) is 107 cm³/mol. The summed E-state index contributed by atoms with van der Waals surface area (Å²) < 4.78 is 10.6. The average Bonchev–Trinajstić information content (AvgIpc) is 2.54. The van der Waals surface area contributed by atoms with Crippen LogP contribution in [0.5, 0.6) is 17.2 Å². The Kier molecular flexibility index (Phi) is 5.45. The van der Waals surface area contributed by atoms with Crippen molar-refractivity contribution in [3.63, 3.8) is 0 Å². The maximum atomic E-state index is 13.1. The van der Waals surface area contributed by atoms with Gasteiger partial charge >= 0.3 is 0 Å². The highest BCUT2D eigenvalue weighted by Crippen LogP contribution is 2.42. The van der Waals surface area contributed by atoms with Crippen LogP contribution in [0.2, 0.25) is 0 Å². The van der Waals surface area contributed by atoms with E-state index in [9.17, 15) is 5.11 Å². The molecule has 0 unspecified atom stereocenters. The molecule has 2 aromatic carbocycles. The first-order chi connectivity index (χ1) is 12.0. The molecule has 0 aliphatic rings. The molecule has 0 aromatic heterocycles. The summed E-state index contributed by atoms with van der Waals surface area (Å²) in [5, 5.41) is 16.4. The lowest BCUT2D eigenvalue weighted by Gasteiger charge is -2.27. The van der Waals surface area contributed by atoms with Gasteiger partial charge < -0.3 is 14.8 Å². The molecule has 0 atom stereocenters. The Morgan fingerprint density at radius 3 is 1.73 bits per heavy atom. The number of anilines is 2. The monoisotopic (exact) mass is 356 g/mol. The molecule has 0 spiro atoms. The number of rotatable bonds is 4. The maximum Gasteiger partial charge on any atom is 0.205 e. The van der Waals surface area contributed by atoms with E-state index in [0.717, 1.165) is 16.8 Å². The van der Waals surface area contributed by atoms with Crippen LogP contribution in [0, 0.1) is 0 Å². The molecule has 0 amide bonds. The van der Waals surface area contributed by atoms with Gasteiger partial charge in [0.25, 0.3) is 0 Å². The maximum absolute atomic E-state index is 13.1. The average molecular weight is 356 g/mol. The van der Waals surface area contributed by atoms with Gasteiger partial charge in [0.05, 0.1) is 19.9 Å². The van der Waals surface area contributed by atoms with E-state index >= 15 is 0 Å². The van der Waals surface area contributed by atoms with E-state index in [1.54, 1.807) is 20.3 Å². The number of ether oxygens (including phenoxy) is 2. The number of nitrogens with one attached hydrogen (secondary N) is 1. The number of benzene rings is 2. The second kappa shape index (κ2) is 7.10. The minimum atomic E-state index is -0.235. The molecular weight excluding hydrogens is 326 g/mol. The van der Waals surface area contributed by atoms with E-state index < -0.39 is 0 Å². The molecule has 0 aliphatic carbocycles. The van der Waals surface area contributed by atoms with Crippen LogP contribution >= 0.6 is 0 Å². The van der Waals surface area contributed by atoms with Crippen LogP contribution in [0.25, 0.3) is 0 Å². The fourth-order valence-electron chi connectivity index (χ4n) is 2.75. The second-order valence-electron chi connectivity index (χ2n) is 8.63. The summed E-state index contributed by atoms with van der Waals surface area (Å²) in [5.74, 6) is 1.36. The molecule has 0 saturated heterocycles. The Morgan fingerprint density at radius 1 is 0.769 bits per heavy atom. The van der Waals surface area contributed by atoms with Crippen LogP contribution < -0.4 is 14.8 Å². The van der Waals surface area contributed by atoms with Crippen LogP contribution in [-0.4, -0.2) is 14.2 Å². The van der Waals surface area contributed by atoms with Gasteiger partial charge in [-0.3, -0.25) is 5.11 Å². The van der Waals surface area contributed by atoms with E-state index in [1.165, 1.54) is 0 Å². The molecule has 0 fully saturated rings. The molecule has 0 heterocycles. The zero-order valence-electron chi connectivity index (χ0n) is 17.1. The fraction of sp³-hybridized carbons (Fsp3) is 0.455. The van der Waals surface area contributed by atoms with Crippen molar-refractivity contribution in [1.29, 1.82) is 0 Å². The Hall–Kier alpha value is -2.36. The minimum Gasteiger partial charge on any atom is -0.497 e. The van der Waals surface area contributed by atoms with Crippen molar-refractivity contribution in [2.45, 2.75) is 52.4 Å². The van der Waals surface area contributed by atoms with Crippen LogP contribution in [0.4, 0.5) is 11.4 Å². The summed E-state index contributed by atoms with van der Waals surface area (Å²) in [6.45, 7) is 12.6. The molecular formula is C22H30NO3. The van der Waals surface area contributed by atoms with Crippen molar-refractivity contribution in [3.8, 4) is 17.2 Å². The second-order valence-corrected chi connectivity index (χ2v) is 8.63. The number of hydrogen-bond donors (Lipinski definition) is 1. The van der Waals surface area contributed by atoms with Crippen LogP contribution in [0.1, 0.15) is 52.7 Å². The first-order valence-electron chi connectivity index (χ1n) is 8.82. The fourth-order valence-corrected chi connectivity index (χ4v) is 2.75. The van der Waals surface area contributed by atoms with Gasteiger partial charge in [-0.25, -0.2) is 0 Å². The Balaban J connectivity index is 2.59. The molecule has 2 rings (SSSR count). The summed E-state index contributed by atoms with van der Waals surface area (Å²) in [6, 6.07) is 9.49. The summed E-state index contributed by atoms with van der Waals surface area (Å²) in [4.78, 5) is 0. The van der Waals surface area contributed by atoms with Crippen LogP contribution in [-0.2, 0) is 15.9 Å². The highest BCUT2D eigenvalue weighted by atomic mass is 16.5. The lowest BCUT2D eigenvalue weighted by Crippen LogP contribution is -2.17. The van der Waals surface area contributed by atoms with Crippen molar-refractivity contribution in [1.82, 2.24) is 0 Å². The smallest absolute Gasteiger partial charge is 0.205 e. The molecule has 2 aromatic rings. The van der Waals surface area contributed by atoms with E-state index in [2.05, 4.69) is 46.9 Å². The third kappa shape index (κ3) is 4.43. The van der Waals surface area contributed by atoms with Crippen molar-refractivity contribution in [2.24, 2.45) is 0 Å². The molecule has 4 nitrogen and oxygen atoms in total. The van der Waals surface area contributed by atoms with E-state index in [0.29, 0.717) is 17.2 Å². The highest BCUT2D eigenvalue weighted by Gasteiger charge is 2.26. The molecule has 4 heteroatoms.